The molecule has 0 aliphatic carbocycles. The van der Waals surface area contributed by atoms with E-state index in [4.69, 9.17) is 5.26 Å². The van der Waals surface area contributed by atoms with Gasteiger partial charge in [-0.1, -0.05) is 17.8 Å². The fourth-order valence-corrected chi connectivity index (χ4v) is 2.34. The van der Waals surface area contributed by atoms with Gasteiger partial charge in [0.2, 0.25) is 5.16 Å². The number of rotatable bonds is 3. The third kappa shape index (κ3) is 2.63. The lowest BCUT2D eigenvalue weighted by Gasteiger charge is -2.04. The third-order valence-electron chi connectivity index (χ3n) is 2.41. The van der Waals surface area contributed by atoms with E-state index in [9.17, 15) is 0 Å². The molecule has 2 rings (SSSR count). The highest BCUT2D eigenvalue weighted by Crippen LogP contribution is 2.22. The Kier molecular flexibility index (Phi) is 3.40. The van der Waals surface area contributed by atoms with Crippen LogP contribution in [0.15, 0.2) is 23.4 Å². The summed E-state index contributed by atoms with van der Waals surface area (Å²) in [6.07, 6.45) is 0. The number of nitriles is 1. The van der Waals surface area contributed by atoms with E-state index in [1.807, 2.05) is 32.2 Å². The first kappa shape index (κ1) is 11.6. The summed E-state index contributed by atoms with van der Waals surface area (Å²) >= 11 is 1.58. The Bertz CT molecular complexity index is 569. The maximum Gasteiger partial charge on any atom is 0.209 e. The van der Waals surface area contributed by atoms with Gasteiger partial charge in [-0.25, -0.2) is 4.68 Å². The predicted octanol–water partition coefficient (Wildman–Crippen LogP) is 1.68. The normalized spacial score (nSPS) is 10.2. The van der Waals surface area contributed by atoms with Crippen molar-refractivity contribution < 1.29 is 0 Å². The predicted molar refractivity (Wildman–Crippen MR) is 64.3 cm³/mol. The molecule has 0 aliphatic heterocycles. The van der Waals surface area contributed by atoms with Crippen molar-refractivity contribution in [3.05, 3.63) is 34.9 Å². The minimum atomic E-state index is 0.691. The van der Waals surface area contributed by atoms with Crippen LogP contribution < -0.4 is 0 Å². The third-order valence-corrected chi connectivity index (χ3v) is 3.47. The van der Waals surface area contributed by atoms with Crippen LogP contribution in [0.4, 0.5) is 0 Å². The maximum atomic E-state index is 8.78. The second kappa shape index (κ2) is 4.97. The number of nitrogens with zero attached hydrogens (tertiary/aromatic N) is 5. The van der Waals surface area contributed by atoms with Gasteiger partial charge in [-0.2, -0.15) is 5.26 Å². The average Bonchev–Trinajstić information content (AvgIpc) is 2.73. The van der Waals surface area contributed by atoms with E-state index in [2.05, 4.69) is 21.6 Å². The topological polar surface area (TPSA) is 67.4 Å². The molecule has 0 saturated heterocycles. The number of aryl methyl sites for hydroxylation is 2. The highest BCUT2D eigenvalue weighted by Gasteiger charge is 2.05. The minimum Gasteiger partial charge on any atom is -0.224 e. The zero-order valence-electron chi connectivity index (χ0n) is 9.58. The summed E-state index contributed by atoms with van der Waals surface area (Å²) in [6.45, 7) is 2.01. The van der Waals surface area contributed by atoms with Crippen molar-refractivity contribution >= 4 is 11.8 Å². The summed E-state index contributed by atoms with van der Waals surface area (Å²) in [5.74, 6) is 0.797. The van der Waals surface area contributed by atoms with Crippen LogP contribution in [0.3, 0.4) is 0 Å². The van der Waals surface area contributed by atoms with E-state index < -0.39 is 0 Å². The molecule has 1 aromatic heterocycles. The number of hydrogen-bond acceptors (Lipinski definition) is 5. The summed E-state index contributed by atoms with van der Waals surface area (Å²) in [5, 5.41) is 20.8. The number of hydrogen-bond donors (Lipinski definition) is 0. The molecule has 0 radical (unpaired) electrons. The van der Waals surface area contributed by atoms with Crippen LogP contribution >= 0.6 is 11.8 Å². The van der Waals surface area contributed by atoms with Gasteiger partial charge >= 0.3 is 0 Å². The lowest BCUT2D eigenvalue weighted by atomic mass is 10.1. The number of benzene rings is 1. The van der Waals surface area contributed by atoms with Crippen LogP contribution in [0.2, 0.25) is 0 Å². The van der Waals surface area contributed by atoms with Crippen molar-refractivity contribution in [2.24, 2.45) is 7.05 Å². The molecule has 0 aliphatic rings. The van der Waals surface area contributed by atoms with Crippen molar-refractivity contribution in [2.75, 3.05) is 0 Å². The Balaban J connectivity index is 2.10. The van der Waals surface area contributed by atoms with E-state index in [1.54, 1.807) is 16.4 Å². The minimum absolute atomic E-state index is 0.691. The van der Waals surface area contributed by atoms with E-state index in [0.717, 1.165) is 16.5 Å². The molecule has 0 N–H and O–H groups in total. The molecule has 2 aromatic rings. The van der Waals surface area contributed by atoms with Gasteiger partial charge in [0.15, 0.2) is 0 Å². The number of aromatic nitrogens is 4. The van der Waals surface area contributed by atoms with Gasteiger partial charge in [0.25, 0.3) is 0 Å². The molecule has 0 bridgehead atoms. The first-order valence-electron chi connectivity index (χ1n) is 5.05. The second-order valence-corrected chi connectivity index (χ2v) is 4.57. The molecule has 0 amide bonds. The first-order valence-corrected chi connectivity index (χ1v) is 6.04. The molecular formula is C11H11N5S. The standard InChI is InChI=1S/C11H11N5S/c1-8-5-9(6-12)3-4-10(8)7-17-11-13-14-15-16(11)2/h3-5H,7H2,1-2H3. The van der Waals surface area contributed by atoms with Gasteiger partial charge in [-0.3, -0.25) is 0 Å². The maximum absolute atomic E-state index is 8.78. The van der Waals surface area contributed by atoms with E-state index in [-0.39, 0.29) is 0 Å². The lowest BCUT2D eigenvalue weighted by molar-refractivity contribution is 0.664. The fourth-order valence-electron chi connectivity index (χ4n) is 1.41. The molecular weight excluding hydrogens is 234 g/mol. The Labute approximate surface area is 103 Å². The molecule has 1 aromatic carbocycles. The zero-order valence-corrected chi connectivity index (χ0v) is 10.4. The van der Waals surface area contributed by atoms with Crippen molar-refractivity contribution in [3.63, 3.8) is 0 Å². The molecule has 0 saturated carbocycles. The van der Waals surface area contributed by atoms with Crippen LogP contribution in [0, 0.1) is 18.3 Å². The Morgan fingerprint density at radius 2 is 2.29 bits per heavy atom. The van der Waals surface area contributed by atoms with Gasteiger partial charge in [0, 0.05) is 12.8 Å². The summed E-state index contributed by atoms with van der Waals surface area (Å²) < 4.78 is 1.64. The highest BCUT2D eigenvalue weighted by atomic mass is 32.2. The molecule has 0 spiro atoms. The molecule has 0 unspecified atom stereocenters. The number of thioether (sulfide) groups is 1. The van der Waals surface area contributed by atoms with Gasteiger partial charge in [-0.05, 0) is 40.6 Å². The van der Waals surface area contributed by atoms with Crippen molar-refractivity contribution in [3.8, 4) is 6.07 Å². The molecule has 1 heterocycles. The quantitative estimate of drug-likeness (QED) is 0.770. The lowest BCUT2D eigenvalue weighted by Crippen LogP contribution is -1.94. The summed E-state index contributed by atoms with van der Waals surface area (Å²) in [4.78, 5) is 0. The monoisotopic (exact) mass is 245 g/mol. The van der Waals surface area contributed by atoms with E-state index >= 15 is 0 Å². The van der Waals surface area contributed by atoms with Gasteiger partial charge in [0.05, 0.1) is 11.6 Å². The molecule has 0 atom stereocenters. The summed E-state index contributed by atoms with van der Waals surface area (Å²) in [6, 6.07) is 7.83. The highest BCUT2D eigenvalue weighted by molar-refractivity contribution is 7.98. The smallest absolute Gasteiger partial charge is 0.209 e. The molecule has 0 fully saturated rings. The van der Waals surface area contributed by atoms with Crippen LogP contribution in [-0.4, -0.2) is 20.2 Å². The van der Waals surface area contributed by atoms with Crippen LogP contribution in [0.5, 0.6) is 0 Å². The van der Waals surface area contributed by atoms with Crippen LogP contribution in [0.1, 0.15) is 16.7 Å². The Morgan fingerprint density at radius 1 is 1.47 bits per heavy atom. The molecule has 86 valence electrons. The molecule has 6 heteroatoms. The largest absolute Gasteiger partial charge is 0.224 e. The average molecular weight is 245 g/mol. The van der Waals surface area contributed by atoms with Gasteiger partial charge < -0.3 is 0 Å². The molecule has 5 nitrogen and oxygen atoms in total. The SMILES string of the molecule is Cc1cc(C#N)ccc1CSc1nnnn1C. The summed E-state index contributed by atoms with van der Waals surface area (Å²) in [7, 11) is 1.81. The van der Waals surface area contributed by atoms with Crippen molar-refractivity contribution in [2.45, 2.75) is 17.8 Å². The van der Waals surface area contributed by atoms with Crippen LogP contribution in [-0.2, 0) is 12.8 Å². The van der Waals surface area contributed by atoms with E-state index in [0.29, 0.717) is 5.56 Å². The first-order chi connectivity index (χ1) is 8.20. The van der Waals surface area contributed by atoms with Gasteiger partial charge in [0.1, 0.15) is 0 Å². The molecule has 17 heavy (non-hydrogen) atoms. The van der Waals surface area contributed by atoms with Gasteiger partial charge in [-0.15, -0.1) is 5.10 Å². The Morgan fingerprint density at radius 3 is 2.88 bits per heavy atom. The van der Waals surface area contributed by atoms with Crippen molar-refractivity contribution in [1.82, 2.24) is 20.2 Å². The second-order valence-electron chi connectivity index (χ2n) is 3.63. The number of tetrazole rings is 1. The fraction of sp³-hybridized carbons (Fsp3) is 0.273. The summed E-state index contributed by atoms with van der Waals surface area (Å²) in [5.41, 5.74) is 3.00. The Hall–Kier alpha value is -1.87. The zero-order chi connectivity index (χ0) is 12.3. The van der Waals surface area contributed by atoms with E-state index in [1.165, 1.54) is 5.56 Å². The van der Waals surface area contributed by atoms with Crippen molar-refractivity contribution in [1.29, 1.82) is 5.26 Å². The van der Waals surface area contributed by atoms with Crippen LogP contribution in [0.25, 0.3) is 0 Å².